The normalized spacial score (nSPS) is 9.77. The van der Waals surface area contributed by atoms with Gasteiger partial charge in [0.15, 0.2) is 18.2 Å². The van der Waals surface area contributed by atoms with Crippen molar-refractivity contribution in [3.8, 4) is 6.07 Å². The lowest BCUT2D eigenvalue weighted by atomic mass is 10.2. The highest BCUT2D eigenvalue weighted by molar-refractivity contribution is 7.74. The molecule has 22 heavy (non-hydrogen) atoms. The van der Waals surface area contributed by atoms with Crippen LogP contribution in [0.1, 0.15) is 5.56 Å². The van der Waals surface area contributed by atoms with Gasteiger partial charge in [-0.25, -0.2) is 0 Å². The van der Waals surface area contributed by atoms with Gasteiger partial charge in [-0.1, -0.05) is 54.6 Å². The lowest BCUT2D eigenvalue weighted by molar-refractivity contribution is 1.55. The summed E-state index contributed by atoms with van der Waals surface area (Å²) in [5, 5.41) is 13.0. The molecule has 0 unspecified atom stereocenters. The summed E-state index contributed by atoms with van der Waals surface area (Å²) in [5.74, 6) is 0. The Kier molecular flexibility index (Phi) is 4.44. The Morgan fingerprint density at radius 3 is 1.45 bits per heavy atom. The minimum absolute atomic E-state index is 0.835. The molecule has 0 spiro atoms. The largest absolute Gasteiger partial charge is 0.237 e. The van der Waals surface area contributed by atoms with E-state index in [0.717, 1.165) is 10.9 Å². The zero-order valence-corrected chi connectivity index (χ0v) is 12.9. The molecule has 0 saturated carbocycles. The molecule has 3 aromatic carbocycles. The van der Waals surface area contributed by atoms with Crippen LogP contribution in [0.3, 0.4) is 0 Å². The van der Waals surface area contributed by atoms with Crippen LogP contribution in [0.15, 0.2) is 91.0 Å². The van der Waals surface area contributed by atoms with Gasteiger partial charge >= 0.3 is 0 Å². The minimum Gasteiger partial charge on any atom is -0.188 e. The molecule has 0 amide bonds. The number of nitriles is 1. The Morgan fingerprint density at radius 1 is 0.636 bits per heavy atom. The average molecular weight is 300 g/mol. The van der Waals surface area contributed by atoms with E-state index in [1.54, 1.807) is 0 Å². The van der Waals surface area contributed by atoms with Crippen molar-refractivity contribution in [2.75, 3.05) is 0 Å². The third kappa shape index (κ3) is 2.98. The second-order valence-electron chi connectivity index (χ2n) is 4.83. The molecule has 0 bridgehead atoms. The quantitative estimate of drug-likeness (QED) is 0.674. The lowest BCUT2D eigenvalue weighted by Crippen LogP contribution is -2.13. The summed E-state index contributed by atoms with van der Waals surface area (Å²) < 4.78 is 0. The van der Waals surface area contributed by atoms with E-state index in [-0.39, 0.29) is 0 Å². The van der Waals surface area contributed by atoms with Crippen molar-refractivity contribution in [3.05, 3.63) is 96.6 Å². The lowest BCUT2D eigenvalue weighted by Gasteiger charge is -2.01. The number of benzene rings is 3. The van der Waals surface area contributed by atoms with Crippen LogP contribution in [0.5, 0.6) is 0 Å². The van der Waals surface area contributed by atoms with Crippen molar-refractivity contribution in [2.24, 2.45) is 0 Å². The van der Waals surface area contributed by atoms with Crippen molar-refractivity contribution in [2.45, 2.75) is 0 Å². The van der Waals surface area contributed by atoms with E-state index in [9.17, 15) is 5.26 Å². The molecule has 0 aliphatic rings. The molecular formula is C20H15NP+. The van der Waals surface area contributed by atoms with E-state index in [1.807, 2.05) is 66.7 Å². The fraction of sp³-hybridized carbons (Fsp3) is 0. The second-order valence-corrected chi connectivity index (χ2v) is 6.98. The Balaban J connectivity index is 2.30. The maximum atomic E-state index is 9.80. The van der Waals surface area contributed by atoms with Gasteiger partial charge in [-0.2, -0.15) is 5.26 Å². The van der Waals surface area contributed by atoms with Crippen molar-refractivity contribution < 1.29 is 0 Å². The summed E-state index contributed by atoms with van der Waals surface area (Å²) in [5.41, 5.74) is 1.00. The molecule has 104 valence electrons. The first kappa shape index (κ1) is 14.3. The van der Waals surface area contributed by atoms with Gasteiger partial charge in [-0.15, -0.1) is 0 Å². The molecule has 0 atom stereocenters. The molecule has 3 rings (SSSR count). The first-order chi connectivity index (χ1) is 10.9. The summed E-state index contributed by atoms with van der Waals surface area (Å²) in [6.45, 7) is 0. The van der Waals surface area contributed by atoms with Crippen molar-refractivity contribution in [1.82, 2.24) is 0 Å². The maximum absolute atomic E-state index is 9.80. The Labute approximate surface area is 131 Å². The molecule has 0 fully saturated rings. The maximum Gasteiger partial charge on any atom is 0.237 e. The number of rotatable bonds is 3. The van der Waals surface area contributed by atoms with Crippen molar-refractivity contribution in [1.29, 1.82) is 5.26 Å². The number of nitrogens with zero attached hydrogens (tertiary/aromatic N) is 1. The zero-order valence-electron chi connectivity index (χ0n) is 12.1. The Bertz CT molecular complexity index is 774. The highest BCUT2D eigenvalue weighted by Crippen LogP contribution is 2.27. The molecular weight excluding hydrogens is 285 g/mol. The van der Waals surface area contributed by atoms with Crippen LogP contribution < -0.4 is 10.6 Å². The molecule has 0 N–H and O–H groups in total. The van der Waals surface area contributed by atoms with Crippen LogP contribution in [-0.4, -0.2) is 5.29 Å². The van der Waals surface area contributed by atoms with E-state index < -0.39 is 7.55 Å². The van der Waals surface area contributed by atoms with Crippen LogP contribution in [0, 0.1) is 11.3 Å². The first-order valence-electron chi connectivity index (χ1n) is 7.13. The van der Waals surface area contributed by atoms with Gasteiger partial charge in [0.05, 0.1) is 0 Å². The van der Waals surface area contributed by atoms with Gasteiger partial charge in [-0.3, -0.25) is 0 Å². The summed E-state index contributed by atoms with van der Waals surface area (Å²) in [6.07, 6.45) is 0. The number of hydrogen-bond donors (Lipinski definition) is 0. The highest BCUT2D eigenvalue weighted by atomic mass is 31.1. The average Bonchev–Trinajstić information content (AvgIpc) is 2.62. The van der Waals surface area contributed by atoms with Gasteiger partial charge in [0.2, 0.25) is 5.29 Å². The van der Waals surface area contributed by atoms with Crippen LogP contribution in [0.25, 0.3) is 0 Å². The van der Waals surface area contributed by atoms with Crippen LogP contribution >= 0.6 is 7.55 Å². The monoisotopic (exact) mass is 300 g/mol. The Hall–Kier alpha value is -2.68. The van der Waals surface area contributed by atoms with E-state index in [4.69, 9.17) is 0 Å². The standard InChI is InChI=1S/C20H15NP/c21-16-20(17-10-4-1-5-11-17)22(18-12-6-2-7-13-18)19-14-8-3-9-15-19/h1-15H/q+1. The van der Waals surface area contributed by atoms with Gasteiger partial charge in [0, 0.05) is 5.56 Å². The first-order valence-corrected chi connectivity index (χ1v) is 8.47. The molecule has 0 heterocycles. The SMILES string of the molecule is N#CC(c1ccccc1)=[P+](c1ccccc1)c1ccccc1. The molecule has 0 saturated heterocycles. The van der Waals surface area contributed by atoms with Gasteiger partial charge in [0.25, 0.3) is 0 Å². The van der Waals surface area contributed by atoms with Crippen LogP contribution in [-0.2, 0) is 0 Å². The van der Waals surface area contributed by atoms with E-state index in [1.165, 1.54) is 10.6 Å². The topological polar surface area (TPSA) is 23.8 Å². The predicted molar refractivity (Wildman–Crippen MR) is 95.2 cm³/mol. The highest BCUT2D eigenvalue weighted by Gasteiger charge is 2.25. The summed E-state index contributed by atoms with van der Waals surface area (Å²) in [7, 11) is -0.835. The fourth-order valence-electron chi connectivity index (χ4n) is 2.40. The molecule has 1 nitrogen and oxygen atoms in total. The smallest absolute Gasteiger partial charge is 0.188 e. The number of hydrogen-bond acceptors (Lipinski definition) is 1. The fourth-order valence-corrected chi connectivity index (χ4v) is 4.66. The van der Waals surface area contributed by atoms with Gasteiger partial charge in [-0.05, 0) is 36.4 Å². The van der Waals surface area contributed by atoms with Crippen LogP contribution in [0.4, 0.5) is 0 Å². The Morgan fingerprint density at radius 2 is 1.05 bits per heavy atom. The zero-order chi connectivity index (χ0) is 15.2. The third-order valence-corrected chi connectivity index (χ3v) is 5.84. The molecule has 0 aromatic heterocycles. The van der Waals surface area contributed by atoms with E-state index in [0.29, 0.717) is 0 Å². The molecule has 0 radical (unpaired) electrons. The summed E-state index contributed by atoms with van der Waals surface area (Å²) >= 11 is 0. The van der Waals surface area contributed by atoms with Gasteiger partial charge in [0.1, 0.15) is 6.07 Å². The molecule has 2 heteroatoms. The predicted octanol–water partition coefficient (Wildman–Crippen LogP) is 3.86. The van der Waals surface area contributed by atoms with Crippen LogP contribution in [0.2, 0.25) is 0 Å². The molecule has 0 aliphatic carbocycles. The summed E-state index contributed by atoms with van der Waals surface area (Å²) in [4.78, 5) is 0. The molecule has 0 aliphatic heterocycles. The van der Waals surface area contributed by atoms with Crippen molar-refractivity contribution >= 4 is 23.4 Å². The second kappa shape index (κ2) is 6.85. The molecule has 3 aromatic rings. The van der Waals surface area contributed by atoms with Gasteiger partial charge < -0.3 is 0 Å². The van der Waals surface area contributed by atoms with Crippen molar-refractivity contribution in [3.63, 3.8) is 0 Å². The third-order valence-electron chi connectivity index (χ3n) is 3.41. The van der Waals surface area contributed by atoms with E-state index in [2.05, 4.69) is 30.3 Å². The van der Waals surface area contributed by atoms with E-state index >= 15 is 0 Å². The summed E-state index contributed by atoms with van der Waals surface area (Å²) in [6, 6.07) is 33.0. The minimum atomic E-state index is -0.835.